The third-order valence-electron chi connectivity index (χ3n) is 5.62. The molecule has 4 nitrogen and oxygen atoms in total. The quantitative estimate of drug-likeness (QED) is 0.785. The topological polar surface area (TPSA) is 43.2 Å². The highest BCUT2D eigenvalue weighted by molar-refractivity contribution is 6.09. The Hall–Kier alpha value is -2.62. The summed E-state index contributed by atoms with van der Waals surface area (Å²) >= 11 is 0. The van der Waals surface area contributed by atoms with Crippen molar-refractivity contribution in [3.05, 3.63) is 71.8 Å². The van der Waals surface area contributed by atoms with Gasteiger partial charge in [-0.3, -0.25) is 0 Å². The van der Waals surface area contributed by atoms with Crippen molar-refractivity contribution in [1.82, 2.24) is 0 Å². The summed E-state index contributed by atoms with van der Waals surface area (Å²) in [5, 5.41) is 0. The van der Waals surface area contributed by atoms with Gasteiger partial charge in [-0.15, -0.1) is 0 Å². The molecule has 2 atom stereocenters. The molecule has 3 aliphatic rings. The van der Waals surface area contributed by atoms with E-state index in [1.165, 1.54) is 11.1 Å². The lowest BCUT2D eigenvalue weighted by molar-refractivity contribution is 0.279. The third-order valence-corrected chi connectivity index (χ3v) is 5.62. The SMILES string of the molecule is c1ccc(CC2COC(C3(C4=NC(Cc5ccccc5)CO4)CC3)=N2)cc1. The molecule has 138 valence electrons. The summed E-state index contributed by atoms with van der Waals surface area (Å²) in [4.78, 5) is 9.81. The smallest absolute Gasteiger partial charge is 0.199 e. The molecular weight excluding hydrogens is 336 g/mol. The second-order valence-corrected chi connectivity index (χ2v) is 7.76. The average Bonchev–Trinajstić information content (AvgIpc) is 3.14. The van der Waals surface area contributed by atoms with Crippen LogP contribution in [0.3, 0.4) is 0 Å². The molecule has 0 aromatic heterocycles. The fraction of sp³-hybridized carbons (Fsp3) is 0.391. The molecule has 1 fully saturated rings. The summed E-state index contributed by atoms with van der Waals surface area (Å²) in [7, 11) is 0. The van der Waals surface area contributed by atoms with E-state index in [0.717, 1.165) is 37.5 Å². The molecule has 0 radical (unpaired) electrons. The Morgan fingerprint density at radius 3 is 1.56 bits per heavy atom. The van der Waals surface area contributed by atoms with Gasteiger partial charge >= 0.3 is 0 Å². The Labute approximate surface area is 160 Å². The van der Waals surface area contributed by atoms with Gasteiger partial charge in [-0.05, 0) is 36.8 Å². The minimum atomic E-state index is -0.184. The molecule has 27 heavy (non-hydrogen) atoms. The highest BCUT2D eigenvalue weighted by Gasteiger charge is 2.58. The van der Waals surface area contributed by atoms with E-state index in [-0.39, 0.29) is 17.5 Å². The Morgan fingerprint density at radius 1 is 0.704 bits per heavy atom. The van der Waals surface area contributed by atoms with Crippen LogP contribution in [0.2, 0.25) is 0 Å². The maximum Gasteiger partial charge on any atom is 0.199 e. The molecule has 2 aliphatic heterocycles. The van der Waals surface area contributed by atoms with Gasteiger partial charge in [-0.1, -0.05) is 60.7 Å². The zero-order valence-electron chi connectivity index (χ0n) is 15.4. The minimum absolute atomic E-state index is 0.184. The van der Waals surface area contributed by atoms with Crippen LogP contribution in [0.15, 0.2) is 70.6 Å². The number of hydrogen-bond acceptors (Lipinski definition) is 4. The van der Waals surface area contributed by atoms with Crippen molar-refractivity contribution < 1.29 is 9.47 Å². The molecular formula is C23H24N2O2. The molecule has 1 aliphatic carbocycles. The highest BCUT2D eigenvalue weighted by atomic mass is 16.5. The molecule has 4 heteroatoms. The lowest BCUT2D eigenvalue weighted by Gasteiger charge is -2.13. The minimum Gasteiger partial charge on any atom is -0.478 e. The van der Waals surface area contributed by atoms with Crippen LogP contribution in [0.4, 0.5) is 0 Å². The predicted molar refractivity (Wildman–Crippen MR) is 106 cm³/mol. The van der Waals surface area contributed by atoms with Gasteiger partial charge < -0.3 is 9.47 Å². The number of ether oxygens (including phenoxy) is 2. The van der Waals surface area contributed by atoms with E-state index in [2.05, 4.69) is 48.5 Å². The molecule has 0 bridgehead atoms. The molecule has 0 N–H and O–H groups in total. The number of aliphatic imine (C=N–C) groups is 2. The van der Waals surface area contributed by atoms with Gasteiger partial charge in [-0.25, -0.2) is 9.98 Å². The maximum atomic E-state index is 6.02. The van der Waals surface area contributed by atoms with E-state index in [4.69, 9.17) is 19.5 Å². The maximum absolute atomic E-state index is 6.02. The largest absolute Gasteiger partial charge is 0.478 e. The van der Waals surface area contributed by atoms with Crippen LogP contribution in [-0.4, -0.2) is 37.1 Å². The van der Waals surface area contributed by atoms with Gasteiger partial charge in [-0.2, -0.15) is 0 Å². The van der Waals surface area contributed by atoms with Gasteiger partial charge in [0.1, 0.15) is 18.6 Å². The van der Waals surface area contributed by atoms with Crippen LogP contribution in [-0.2, 0) is 22.3 Å². The normalized spacial score (nSPS) is 25.3. The van der Waals surface area contributed by atoms with E-state index in [0.29, 0.717) is 13.2 Å². The molecule has 2 unspecified atom stereocenters. The lowest BCUT2D eigenvalue weighted by atomic mass is 10.1. The summed E-state index contributed by atoms with van der Waals surface area (Å²) in [6.07, 6.45) is 3.90. The van der Waals surface area contributed by atoms with Crippen LogP contribution < -0.4 is 0 Å². The molecule has 2 aromatic carbocycles. The predicted octanol–water partition coefficient (Wildman–Crippen LogP) is 3.85. The van der Waals surface area contributed by atoms with Gasteiger partial charge in [0.05, 0.1) is 12.1 Å². The monoisotopic (exact) mass is 360 g/mol. The summed E-state index contributed by atoms with van der Waals surface area (Å²) in [6, 6.07) is 21.4. The van der Waals surface area contributed by atoms with Crippen molar-refractivity contribution >= 4 is 11.8 Å². The number of benzene rings is 2. The molecule has 1 saturated carbocycles. The summed E-state index contributed by atoms with van der Waals surface area (Å²) < 4.78 is 12.0. The number of nitrogens with zero attached hydrogens (tertiary/aromatic N) is 2. The van der Waals surface area contributed by atoms with Gasteiger partial charge in [0, 0.05) is 0 Å². The Kier molecular flexibility index (Phi) is 4.19. The van der Waals surface area contributed by atoms with Crippen LogP contribution in [0.5, 0.6) is 0 Å². The van der Waals surface area contributed by atoms with Crippen LogP contribution >= 0.6 is 0 Å². The first-order chi connectivity index (χ1) is 13.3. The third kappa shape index (κ3) is 3.36. The summed E-state index contributed by atoms with van der Waals surface area (Å²) in [5.41, 5.74) is 2.42. The molecule has 0 amide bonds. The van der Waals surface area contributed by atoms with E-state index >= 15 is 0 Å². The zero-order chi connectivity index (χ0) is 18.1. The van der Waals surface area contributed by atoms with E-state index in [1.54, 1.807) is 0 Å². The molecule has 5 rings (SSSR count). The van der Waals surface area contributed by atoms with E-state index in [1.807, 2.05) is 12.1 Å². The van der Waals surface area contributed by atoms with Gasteiger partial charge in [0.15, 0.2) is 11.8 Å². The molecule has 2 heterocycles. The van der Waals surface area contributed by atoms with Crippen molar-refractivity contribution in [3.8, 4) is 0 Å². The Morgan fingerprint density at radius 2 is 1.15 bits per heavy atom. The fourth-order valence-electron chi connectivity index (χ4n) is 3.98. The number of hydrogen-bond donors (Lipinski definition) is 0. The molecule has 2 aromatic rings. The highest BCUT2D eigenvalue weighted by Crippen LogP contribution is 2.51. The van der Waals surface area contributed by atoms with E-state index < -0.39 is 0 Å². The summed E-state index contributed by atoms with van der Waals surface area (Å²) in [6.45, 7) is 1.32. The summed E-state index contributed by atoms with van der Waals surface area (Å²) in [5.74, 6) is 1.70. The first-order valence-corrected chi connectivity index (χ1v) is 9.82. The number of rotatable bonds is 6. The average molecular weight is 360 g/mol. The van der Waals surface area contributed by atoms with Crippen molar-refractivity contribution in [2.75, 3.05) is 13.2 Å². The van der Waals surface area contributed by atoms with Crippen molar-refractivity contribution in [1.29, 1.82) is 0 Å². The van der Waals surface area contributed by atoms with Gasteiger partial charge in [0.2, 0.25) is 0 Å². The van der Waals surface area contributed by atoms with Crippen LogP contribution in [0.1, 0.15) is 24.0 Å². The molecule has 0 saturated heterocycles. The van der Waals surface area contributed by atoms with Crippen molar-refractivity contribution in [2.24, 2.45) is 15.4 Å². The van der Waals surface area contributed by atoms with Gasteiger partial charge in [0.25, 0.3) is 0 Å². The first kappa shape index (κ1) is 16.5. The Bertz CT molecular complexity index is 787. The van der Waals surface area contributed by atoms with Crippen LogP contribution in [0.25, 0.3) is 0 Å². The Balaban J connectivity index is 1.28. The van der Waals surface area contributed by atoms with Crippen LogP contribution in [0, 0.1) is 5.41 Å². The molecule has 0 spiro atoms. The van der Waals surface area contributed by atoms with Crippen molar-refractivity contribution in [2.45, 2.75) is 37.8 Å². The zero-order valence-corrected chi connectivity index (χ0v) is 15.4. The second-order valence-electron chi connectivity index (χ2n) is 7.76. The van der Waals surface area contributed by atoms with Crippen molar-refractivity contribution in [3.63, 3.8) is 0 Å². The van der Waals surface area contributed by atoms with E-state index in [9.17, 15) is 0 Å². The standard InChI is InChI=1S/C23H24N2O2/c1-3-7-17(8-4-1)13-19-15-26-21(24-19)23(11-12-23)22-25-20(16-27-22)14-18-9-5-2-6-10-18/h1-10,19-20H,11-16H2. The second kappa shape index (κ2) is 6.84. The fourth-order valence-corrected chi connectivity index (χ4v) is 3.98. The lowest BCUT2D eigenvalue weighted by Crippen LogP contribution is -2.26. The first-order valence-electron chi connectivity index (χ1n) is 9.82.